The Balaban J connectivity index is 1.95. The first-order chi connectivity index (χ1) is 9.35. The zero-order valence-electron chi connectivity index (χ0n) is 11.8. The van der Waals surface area contributed by atoms with E-state index >= 15 is 0 Å². The highest BCUT2D eigenvalue weighted by Gasteiger charge is 2.30. The van der Waals surface area contributed by atoms with E-state index in [0.717, 1.165) is 18.9 Å². The number of nitrogens with two attached hydrogens (primary N) is 1. The number of hydrogen-bond acceptors (Lipinski definition) is 3. The van der Waals surface area contributed by atoms with Gasteiger partial charge in [0.2, 0.25) is 0 Å². The van der Waals surface area contributed by atoms with Crippen molar-refractivity contribution in [2.24, 2.45) is 11.7 Å². The fourth-order valence-electron chi connectivity index (χ4n) is 2.98. The Morgan fingerprint density at radius 2 is 2.05 bits per heavy atom. The van der Waals surface area contributed by atoms with E-state index in [1.54, 1.807) is 7.11 Å². The number of ether oxygens (including phenoxy) is 1. The summed E-state index contributed by atoms with van der Waals surface area (Å²) in [6.45, 7) is 1.67. The molecule has 106 valence electrons. The van der Waals surface area contributed by atoms with Gasteiger partial charge in [0.1, 0.15) is 0 Å². The molecule has 0 saturated heterocycles. The van der Waals surface area contributed by atoms with Gasteiger partial charge in [0.15, 0.2) is 0 Å². The van der Waals surface area contributed by atoms with Gasteiger partial charge < -0.3 is 10.5 Å². The van der Waals surface area contributed by atoms with Crippen LogP contribution in [0.25, 0.3) is 0 Å². The van der Waals surface area contributed by atoms with Crippen molar-refractivity contribution in [3.8, 4) is 0 Å². The Kier molecular flexibility index (Phi) is 6.21. The lowest BCUT2D eigenvalue weighted by Gasteiger charge is -2.35. The molecule has 1 saturated carbocycles. The van der Waals surface area contributed by atoms with Crippen LogP contribution in [0.4, 0.5) is 0 Å². The molecular weight excluding hydrogens is 254 g/mol. The largest absolute Gasteiger partial charge is 0.384 e. The number of benzene rings is 1. The summed E-state index contributed by atoms with van der Waals surface area (Å²) in [5.41, 5.74) is 7.43. The van der Waals surface area contributed by atoms with E-state index in [1.807, 2.05) is 11.8 Å². The first-order valence-corrected chi connectivity index (χ1v) is 8.25. The molecule has 0 aliphatic heterocycles. The highest BCUT2D eigenvalue weighted by atomic mass is 32.2. The molecule has 1 aliphatic carbocycles. The van der Waals surface area contributed by atoms with Crippen molar-refractivity contribution in [1.29, 1.82) is 0 Å². The molecule has 0 aromatic heterocycles. The molecule has 0 amide bonds. The molecule has 0 heterocycles. The van der Waals surface area contributed by atoms with E-state index < -0.39 is 0 Å². The van der Waals surface area contributed by atoms with Gasteiger partial charge in [-0.05, 0) is 43.2 Å². The minimum Gasteiger partial charge on any atom is -0.384 e. The van der Waals surface area contributed by atoms with Crippen LogP contribution in [0.15, 0.2) is 30.3 Å². The highest BCUT2D eigenvalue weighted by molar-refractivity contribution is 7.99. The Hall–Kier alpha value is -0.510. The minimum absolute atomic E-state index is 0.682. The molecular formula is C16H25NOS. The van der Waals surface area contributed by atoms with E-state index in [9.17, 15) is 0 Å². The monoisotopic (exact) mass is 279 g/mol. The molecule has 0 spiro atoms. The Bertz CT molecular complexity index is 357. The van der Waals surface area contributed by atoms with Crippen molar-refractivity contribution >= 4 is 11.8 Å². The summed E-state index contributed by atoms with van der Waals surface area (Å²) in [6, 6.07) is 10.9. The van der Waals surface area contributed by atoms with Gasteiger partial charge in [0.05, 0.1) is 6.61 Å². The van der Waals surface area contributed by atoms with Crippen molar-refractivity contribution in [3.05, 3.63) is 35.9 Å². The summed E-state index contributed by atoms with van der Waals surface area (Å²) in [4.78, 5) is 0. The first-order valence-electron chi connectivity index (χ1n) is 7.20. The number of hydrogen-bond donors (Lipinski definition) is 1. The molecule has 1 aromatic carbocycles. The first kappa shape index (κ1) is 14.9. The SMILES string of the molecule is COCCSC1CC(c2ccccc2)CCC1CN. The van der Waals surface area contributed by atoms with Crippen LogP contribution in [0.2, 0.25) is 0 Å². The molecule has 3 heteroatoms. The van der Waals surface area contributed by atoms with Crippen molar-refractivity contribution in [3.63, 3.8) is 0 Å². The second-order valence-corrected chi connectivity index (χ2v) is 6.67. The maximum Gasteiger partial charge on any atom is 0.0553 e. The molecule has 3 atom stereocenters. The van der Waals surface area contributed by atoms with Gasteiger partial charge >= 0.3 is 0 Å². The molecule has 1 aliphatic rings. The Labute approximate surface area is 121 Å². The highest BCUT2D eigenvalue weighted by Crippen LogP contribution is 2.40. The third-order valence-electron chi connectivity index (χ3n) is 4.12. The van der Waals surface area contributed by atoms with Crippen LogP contribution in [-0.4, -0.2) is 31.3 Å². The molecule has 19 heavy (non-hydrogen) atoms. The van der Waals surface area contributed by atoms with E-state index in [-0.39, 0.29) is 0 Å². The predicted octanol–water partition coefficient (Wildman–Crippen LogP) is 3.28. The average Bonchev–Trinajstić information content (AvgIpc) is 2.48. The van der Waals surface area contributed by atoms with Crippen molar-refractivity contribution in [1.82, 2.24) is 0 Å². The van der Waals surface area contributed by atoms with Crippen LogP contribution >= 0.6 is 11.8 Å². The van der Waals surface area contributed by atoms with Crippen molar-refractivity contribution in [2.75, 3.05) is 26.0 Å². The van der Waals surface area contributed by atoms with Crippen molar-refractivity contribution < 1.29 is 4.74 Å². The quantitative estimate of drug-likeness (QED) is 0.812. The lowest BCUT2D eigenvalue weighted by molar-refractivity contribution is 0.218. The van der Waals surface area contributed by atoms with Crippen molar-refractivity contribution in [2.45, 2.75) is 30.4 Å². The van der Waals surface area contributed by atoms with E-state index in [1.165, 1.54) is 24.8 Å². The molecule has 1 fully saturated rings. The lowest BCUT2D eigenvalue weighted by atomic mass is 9.78. The summed E-state index contributed by atoms with van der Waals surface area (Å²) < 4.78 is 5.16. The molecule has 0 bridgehead atoms. The summed E-state index contributed by atoms with van der Waals surface area (Å²) in [7, 11) is 1.77. The lowest BCUT2D eigenvalue weighted by Crippen LogP contribution is -2.32. The van der Waals surface area contributed by atoms with Gasteiger partial charge in [-0.15, -0.1) is 0 Å². The third-order valence-corrected chi connectivity index (χ3v) is 5.53. The topological polar surface area (TPSA) is 35.2 Å². The summed E-state index contributed by atoms with van der Waals surface area (Å²) >= 11 is 2.05. The van der Waals surface area contributed by atoms with Crippen LogP contribution in [0, 0.1) is 5.92 Å². The van der Waals surface area contributed by atoms with Crippen LogP contribution < -0.4 is 5.73 Å². The van der Waals surface area contributed by atoms with Gasteiger partial charge in [-0.3, -0.25) is 0 Å². The maximum atomic E-state index is 5.94. The van der Waals surface area contributed by atoms with E-state index in [0.29, 0.717) is 17.1 Å². The van der Waals surface area contributed by atoms with Gasteiger partial charge in [0.25, 0.3) is 0 Å². The van der Waals surface area contributed by atoms with E-state index in [2.05, 4.69) is 30.3 Å². The maximum absolute atomic E-state index is 5.94. The summed E-state index contributed by atoms with van der Waals surface area (Å²) in [5, 5.41) is 0.694. The summed E-state index contributed by atoms with van der Waals surface area (Å²) in [5.74, 6) is 2.48. The molecule has 2 rings (SSSR count). The Morgan fingerprint density at radius 3 is 2.74 bits per heavy atom. The number of thioether (sulfide) groups is 1. The number of methoxy groups -OCH3 is 1. The normalized spacial score (nSPS) is 27.4. The zero-order chi connectivity index (χ0) is 13.5. The summed E-state index contributed by atoms with van der Waals surface area (Å²) in [6.07, 6.45) is 3.81. The van der Waals surface area contributed by atoms with Gasteiger partial charge in [-0.1, -0.05) is 30.3 Å². The fourth-order valence-corrected chi connectivity index (χ4v) is 4.43. The van der Waals surface area contributed by atoms with Gasteiger partial charge in [-0.25, -0.2) is 0 Å². The fraction of sp³-hybridized carbons (Fsp3) is 0.625. The van der Waals surface area contributed by atoms with Crippen LogP contribution in [0.3, 0.4) is 0 Å². The van der Waals surface area contributed by atoms with Crippen LogP contribution in [0.5, 0.6) is 0 Å². The molecule has 1 aromatic rings. The van der Waals surface area contributed by atoms with Crippen LogP contribution in [0.1, 0.15) is 30.7 Å². The standard InChI is InChI=1S/C16H25NOS/c1-18-9-10-19-16-11-14(7-8-15(16)12-17)13-5-3-2-4-6-13/h2-6,14-16H,7-12,17H2,1H3. The smallest absolute Gasteiger partial charge is 0.0553 e. The van der Waals surface area contributed by atoms with Gasteiger partial charge in [-0.2, -0.15) is 11.8 Å². The third kappa shape index (κ3) is 4.23. The minimum atomic E-state index is 0.682. The molecule has 2 N–H and O–H groups in total. The van der Waals surface area contributed by atoms with Gasteiger partial charge in [0, 0.05) is 18.1 Å². The Morgan fingerprint density at radius 1 is 1.26 bits per heavy atom. The second kappa shape index (κ2) is 7.93. The van der Waals surface area contributed by atoms with Crippen LogP contribution in [-0.2, 0) is 4.74 Å². The molecule has 0 radical (unpaired) electrons. The molecule has 2 nitrogen and oxygen atoms in total. The number of rotatable bonds is 6. The average molecular weight is 279 g/mol. The zero-order valence-corrected chi connectivity index (χ0v) is 12.6. The van der Waals surface area contributed by atoms with E-state index in [4.69, 9.17) is 10.5 Å². The molecule has 3 unspecified atom stereocenters. The second-order valence-electron chi connectivity index (χ2n) is 5.32. The predicted molar refractivity (Wildman–Crippen MR) is 83.7 cm³/mol.